The lowest BCUT2D eigenvalue weighted by Crippen LogP contribution is -2.11. The molecule has 0 saturated heterocycles. The Labute approximate surface area is 186 Å². The van der Waals surface area contributed by atoms with Gasteiger partial charge < -0.3 is 9.73 Å². The molecule has 9 heteroatoms. The van der Waals surface area contributed by atoms with E-state index in [1.807, 2.05) is 49.0 Å². The van der Waals surface area contributed by atoms with E-state index in [2.05, 4.69) is 31.4 Å². The Bertz CT molecular complexity index is 1210. The molecule has 3 aromatic heterocycles. The number of hydrogen-bond donors (Lipinski definition) is 1. The number of carbonyl (C=O) groups is 1. The van der Waals surface area contributed by atoms with Crippen LogP contribution in [0.3, 0.4) is 0 Å². The Balaban J connectivity index is 1.43. The molecule has 0 radical (unpaired) electrons. The molecule has 1 aromatic carbocycles. The highest BCUT2D eigenvalue weighted by molar-refractivity contribution is 9.10. The summed E-state index contributed by atoms with van der Waals surface area (Å²) >= 11 is 9.58. The summed E-state index contributed by atoms with van der Waals surface area (Å²) in [7, 11) is 0. The molecule has 0 aliphatic rings. The van der Waals surface area contributed by atoms with Gasteiger partial charge in [0.05, 0.1) is 40.2 Å². The van der Waals surface area contributed by atoms with Crippen LogP contribution in [0.4, 0.5) is 5.69 Å². The molecule has 0 unspecified atom stereocenters. The van der Waals surface area contributed by atoms with Crippen LogP contribution in [0.15, 0.2) is 57.7 Å². The van der Waals surface area contributed by atoms with Crippen molar-refractivity contribution in [3.63, 3.8) is 0 Å². The van der Waals surface area contributed by atoms with Gasteiger partial charge in [0.25, 0.3) is 5.91 Å². The van der Waals surface area contributed by atoms with Crippen molar-refractivity contribution < 1.29 is 9.21 Å². The van der Waals surface area contributed by atoms with Crippen molar-refractivity contribution in [3.8, 4) is 0 Å². The first-order chi connectivity index (χ1) is 14.4. The van der Waals surface area contributed by atoms with E-state index in [9.17, 15) is 4.79 Å². The predicted molar refractivity (Wildman–Crippen MR) is 118 cm³/mol. The Hall–Kier alpha value is -2.84. The van der Waals surface area contributed by atoms with Gasteiger partial charge in [0, 0.05) is 11.9 Å². The molecule has 154 valence electrons. The molecule has 0 bridgehead atoms. The fourth-order valence-corrected chi connectivity index (χ4v) is 3.58. The number of nitrogens with zero attached hydrogens (tertiary/aromatic N) is 4. The average Bonchev–Trinajstić information content (AvgIpc) is 3.40. The van der Waals surface area contributed by atoms with Crippen LogP contribution in [0.1, 0.15) is 33.3 Å². The van der Waals surface area contributed by atoms with Crippen LogP contribution in [0, 0.1) is 13.8 Å². The summed E-state index contributed by atoms with van der Waals surface area (Å²) in [5.74, 6) is 0.547. The molecular weight excluding hydrogens is 470 g/mol. The number of amides is 1. The summed E-state index contributed by atoms with van der Waals surface area (Å²) in [5, 5.41) is 12.2. The zero-order valence-corrected chi connectivity index (χ0v) is 18.7. The second kappa shape index (κ2) is 8.49. The maximum atomic E-state index is 12.6. The number of aryl methyl sites for hydroxylation is 1. The SMILES string of the molecule is Cc1nn(Cc2ccc(C(=O)Nc3cccc(Cn4cc(Br)cn4)c3)o2)c(C)c1Cl. The Morgan fingerprint density at radius 1 is 1.23 bits per heavy atom. The highest BCUT2D eigenvalue weighted by atomic mass is 79.9. The fourth-order valence-electron chi connectivity index (χ4n) is 3.11. The number of hydrogen-bond acceptors (Lipinski definition) is 4. The van der Waals surface area contributed by atoms with Crippen molar-refractivity contribution in [2.75, 3.05) is 5.32 Å². The molecule has 0 aliphatic carbocycles. The van der Waals surface area contributed by atoms with Gasteiger partial charge in [-0.25, -0.2) is 0 Å². The number of carbonyl (C=O) groups excluding carboxylic acids is 1. The number of furan rings is 1. The van der Waals surface area contributed by atoms with Crippen molar-refractivity contribution in [2.24, 2.45) is 0 Å². The second-order valence-electron chi connectivity index (χ2n) is 6.92. The molecular formula is C21H19BrClN5O2. The molecule has 0 fully saturated rings. The van der Waals surface area contributed by atoms with Crippen LogP contribution in [-0.4, -0.2) is 25.5 Å². The molecule has 1 amide bonds. The Morgan fingerprint density at radius 3 is 2.77 bits per heavy atom. The van der Waals surface area contributed by atoms with Crippen LogP contribution in [0.2, 0.25) is 5.02 Å². The fraction of sp³-hybridized carbons (Fsp3) is 0.190. The first kappa shape index (κ1) is 20.4. The van der Waals surface area contributed by atoms with Gasteiger partial charge in [0.15, 0.2) is 5.76 Å². The zero-order chi connectivity index (χ0) is 21.3. The lowest BCUT2D eigenvalue weighted by atomic mass is 10.2. The largest absolute Gasteiger partial charge is 0.454 e. The molecule has 4 rings (SSSR count). The quantitative estimate of drug-likeness (QED) is 0.412. The summed E-state index contributed by atoms with van der Waals surface area (Å²) in [5.41, 5.74) is 3.33. The van der Waals surface area contributed by atoms with Gasteiger partial charge in [-0.1, -0.05) is 23.7 Å². The molecule has 7 nitrogen and oxygen atoms in total. The molecule has 4 aromatic rings. The Morgan fingerprint density at radius 2 is 2.07 bits per heavy atom. The van der Waals surface area contributed by atoms with Crippen molar-refractivity contribution >= 4 is 39.1 Å². The van der Waals surface area contributed by atoms with E-state index < -0.39 is 0 Å². The molecule has 0 atom stereocenters. The van der Waals surface area contributed by atoms with Crippen LogP contribution < -0.4 is 5.32 Å². The number of nitrogens with one attached hydrogen (secondary N) is 1. The highest BCUT2D eigenvalue weighted by Gasteiger charge is 2.15. The van der Waals surface area contributed by atoms with E-state index in [-0.39, 0.29) is 11.7 Å². The van der Waals surface area contributed by atoms with Gasteiger partial charge in [0.1, 0.15) is 5.76 Å². The monoisotopic (exact) mass is 487 g/mol. The van der Waals surface area contributed by atoms with E-state index in [1.165, 1.54) is 0 Å². The smallest absolute Gasteiger partial charge is 0.291 e. The van der Waals surface area contributed by atoms with Crippen molar-refractivity contribution in [1.29, 1.82) is 0 Å². The molecule has 30 heavy (non-hydrogen) atoms. The van der Waals surface area contributed by atoms with Gasteiger partial charge in [0.2, 0.25) is 0 Å². The number of rotatable bonds is 6. The van der Waals surface area contributed by atoms with E-state index in [0.29, 0.717) is 29.6 Å². The van der Waals surface area contributed by atoms with E-state index in [1.54, 1.807) is 23.0 Å². The van der Waals surface area contributed by atoms with Crippen LogP contribution >= 0.6 is 27.5 Å². The van der Waals surface area contributed by atoms with Gasteiger partial charge in [-0.15, -0.1) is 0 Å². The maximum Gasteiger partial charge on any atom is 0.291 e. The van der Waals surface area contributed by atoms with Gasteiger partial charge in [-0.3, -0.25) is 14.2 Å². The summed E-state index contributed by atoms with van der Waals surface area (Å²) in [6.45, 7) is 4.76. The van der Waals surface area contributed by atoms with Gasteiger partial charge in [-0.2, -0.15) is 10.2 Å². The molecule has 0 saturated carbocycles. The number of aromatic nitrogens is 4. The molecule has 1 N–H and O–H groups in total. The van der Waals surface area contributed by atoms with Crippen LogP contribution in [0.25, 0.3) is 0 Å². The first-order valence-corrected chi connectivity index (χ1v) is 10.4. The zero-order valence-electron chi connectivity index (χ0n) is 16.4. The standard InChI is InChI=1S/C21H19BrClN5O2/c1-13-20(23)14(2)28(26-13)12-18-6-7-19(30-18)21(29)25-17-5-3-4-15(8-17)10-27-11-16(22)9-24-27/h3-9,11H,10,12H2,1-2H3,(H,25,29). The minimum Gasteiger partial charge on any atom is -0.454 e. The van der Waals surface area contributed by atoms with Crippen LogP contribution in [0.5, 0.6) is 0 Å². The third-order valence-electron chi connectivity index (χ3n) is 4.62. The summed E-state index contributed by atoms with van der Waals surface area (Å²) in [4.78, 5) is 12.6. The lowest BCUT2D eigenvalue weighted by Gasteiger charge is -2.07. The summed E-state index contributed by atoms with van der Waals surface area (Å²) in [6.07, 6.45) is 3.63. The minimum atomic E-state index is -0.313. The third kappa shape index (κ3) is 4.49. The number of benzene rings is 1. The van der Waals surface area contributed by atoms with Crippen molar-refractivity contribution in [3.05, 3.63) is 86.8 Å². The lowest BCUT2D eigenvalue weighted by molar-refractivity contribution is 0.0994. The summed E-state index contributed by atoms with van der Waals surface area (Å²) < 4.78 is 10.2. The molecule has 0 spiro atoms. The minimum absolute atomic E-state index is 0.235. The number of anilines is 1. The van der Waals surface area contributed by atoms with E-state index in [0.717, 1.165) is 21.4 Å². The normalized spacial score (nSPS) is 11.1. The van der Waals surface area contributed by atoms with Crippen molar-refractivity contribution in [2.45, 2.75) is 26.9 Å². The third-order valence-corrected chi connectivity index (χ3v) is 5.57. The average molecular weight is 489 g/mol. The second-order valence-corrected chi connectivity index (χ2v) is 8.21. The highest BCUT2D eigenvalue weighted by Crippen LogP contribution is 2.21. The van der Waals surface area contributed by atoms with E-state index in [4.69, 9.17) is 16.0 Å². The van der Waals surface area contributed by atoms with Crippen molar-refractivity contribution in [1.82, 2.24) is 19.6 Å². The molecule has 3 heterocycles. The van der Waals surface area contributed by atoms with Gasteiger partial charge >= 0.3 is 0 Å². The predicted octanol–water partition coefficient (Wildman–Crippen LogP) is 5.05. The van der Waals surface area contributed by atoms with E-state index >= 15 is 0 Å². The number of halogens is 2. The Kier molecular flexibility index (Phi) is 5.78. The first-order valence-electron chi connectivity index (χ1n) is 9.25. The maximum absolute atomic E-state index is 12.6. The topological polar surface area (TPSA) is 77.9 Å². The molecule has 0 aliphatic heterocycles. The summed E-state index contributed by atoms with van der Waals surface area (Å²) in [6, 6.07) is 11.0. The van der Waals surface area contributed by atoms with Gasteiger partial charge in [-0.05, 0) is 59.6 Å². The van der Waals surface area contributed by atoms with Crippen LogP contribution in [-0.2, 0) is 13.1 Å².